The molecule has 1 heterocycles. The molecule has 2 N–H and O–H groups in total. The molecule has 0 radical (unpaired) electrons. The highest BCUT2D eigenvalue weighted by Gasteiger charge is 2.32. The highest BCUT2D eigenvalue weighted by atomic mass is 32.2. The van der Waals surface area contributed by atoms with E-state index in [0.717, 1.165) is 53.2 Å². The van der Waals surface area contributed by atoms with Crippen molar-refractivity contribution in [1.29, 1.82) is 0 Å². The first-order chi connectivity index (χ1) is 19.5. The SMILES string of the molecule is COc1ccc(CSC2(CCNCC3CCC(Nc4nc(N(C)C)c5ccccc5n4)CC3)CCCCC2)cc1. The number of hydrogen-bond donors (Lipinski definition) is 2. The Morgan fingerprint density at radius 1 is 0.950 bits per heavy atom. The quantitative estimate of drug-likeness (QED) is 0.225. The maximum atomic E-state index is 5.33. The van der Waals surface area contributed by atoms with Gasteiger partial charge in [-0.25, -0.2) is 4.98 Å². The Morgan fingerprint density at radius 3 is 2.42 bits per heavy atom. The zero-order valence-electron chi connectivity index (χ0n) is 24.6. The normalized spacial score (nSPS) is 20.8. The van der Waals surface area contributed by atoms with Crippen LogP contribution in [0.3, 0.4) is 0 Å². The van der Waals surface area contributed by atoms with Crippen LogP contribution in [0.2, 0.25) is 0 Å². The van der Waals surface area contributed by atoms with E-state index in [4.69, 9.17) is 14.7 Å². The molecule has 0 saturated heterocycles. The van der Waals surface area contributed by atoms with Crippen molar-refractivity contribution >= 4 is 34.4 Å². The van der Waals surface area contributed by atoms with Crippen LogP contribution in [0.1, 0.15) is 69.8 Å². The van der Waals surface area contributed by atoms with Gasteiger partial charge in [0.1, 0.15) is 11.6 Å². The molecule has 216 valence electrons. The number of nitrogens with zero attached hydrogens (tertiary/aromatic N) is 3. The van der Waals surface area contributed by atoms with Crippen molar-refractivity contribution in [2.24, 2.45) is 5.92 Å². The molecule has 40 heavy (non-hydrogen) atoms. The smallest absolute Gasteiger partial charge is 0.225 e. The molecule has 1 aromatic heterocycles. The number of rotatable bonds is 12. The lowest BCUT2D eigenvalue weighted by Gasteiger charge is -2.37. The van der Waals surface area contributed by atoms with E-state index in [1.807, 2.05) is 20.2 Å². The van der Waals surface area contributed by atoms with Crippen LogP contribution >= 0.6 is 11.8 Å². The number of nitrogens with one attached hydrogen (secondary N) is 2. The molecule has 5 rings (SSSR count). The molecule has 3 aromatic rings. The predicted molar refractivity (Wildman–Crippen MR) is 171 cm³/mol. The van der Waals surface area contributed by atoms with E-state index >= 15 is 0 Å². The first-order valence-electron chi connectivity index (χ1n) is 15.2. The maximum Gasteiger partial charge on any atom is 0.225 e. The molecular formula is C33H47N5OS. The third kappa shape index (κ3) is 7.61. The van der Waals surface area contributed by atoms with Gasteiger partial charge in [0.2, 0.25) is 5.95 Å². The van der Waals surface area contributed by atoms with Gasteiger partial charge in [0, 0.05) is 36.0 Å². The Hall–Kier alpha value is -2.51. The summed E-state index contributed by atoms with van der Waals surface area (Å²) >= 11 is 2.20. The van der Waals surface area contributed by atoms with E-state index in [2.05, 4.69) is 69.8 Å². The molecule has 0 spiro atoms. The average Bonchev–Trinajstić information content (AvgIpc) is 2.99. The van der Waals surface area contributed by atoms with E-state index in [9.17, 15) is 0 Å². The van der Waals surface area contributed by atoms with Gasteiger partial charge in [-0.1, -0.05) is 43.5 Å². The van der Waals surface area contributed by atoms with Gasteiger partial charge in [0.15, 0.2) is 0 Å². The highest BCUT2D eigenvalue weighted by Crippen LogP contribution is 2.44. The summed E-state index contributed by atoms with van der Waals surface area (Å²) in [5.74, 6) is 4.54. The van der Waals surface area contributed by atoms with Crippen LogP contribution in [0.15, 0.2) is 48.5 Å². The van der Waals surface area contributed by atoms with Crippen LogP contribution < -0.4 is 20.3 Å². The van der Waals surface area contributed by atoms with E-state index in [0.29, 0.717) is 10.8 Å². The number of benzene rings is 2. The Labute approximate surface area is 245 Å². The van der Waals surface area contributed by atoms with Crippen molar-refractivity contribution in [2.75, 3.05) is 44.5 Å². The van der Waals surface area contributed by atoms with Crippen LogP contribution in [0.5, 0.6) is 5.75 Å². The number of aromatic nitrogens is 2. The average molecular weight is 562 g/mol. The summed E-state index contributed by atoms with van der Waals surface area (Å²) in [6, 6.07) is 17.3. The minimum atomic E-state index is 0.429. The maximum absolute atomic E-state index is 5.33. The van der Waals surface area contributed by atoms with Crippen LogP contribution in [0, 0.1) is 5.92 Å². The highest BCUT2D eigenvalue weighted by molar-refractivity contribution is 7.99. The minimum Gasteiger partial charge on any atom is -0.497 e. The van der Waals surface area contributed by atoms with Gasteiger partial charge in [-0.05, 0) is 93.8 Å². The Morgan fingerprint density at radius 2 is 1.70 bits per heavy atom. The summed E-state index contributed by atoms with van der Waals surface area (Å²) < 4.78 is 5.76. The first kappa shape index (κ1) is 29.0. The van der Waals surface area contributed by atoms with Gasteiger partial charge < -0.3 is 20.3 Å². The van der Waals surface area contributed by atoms with Gasteiger partial charge in [-0.3, -0.25) is 0 Å². The third-order valence-electron chi connectivity index (χ3n) is 8.85. The molecule has 2 aliphatic carbocycles. The van der Waals surface area contributed by atoms with Gasteiger partial charge in [-0.2, -0.15) is 16.7 Å². The predicted octanol–water partition coefficient (Wildman–Crippen LogP) is 7.29. The second-order valence-electron chi connectivity index (χ2n) is 12.0. The molecule has 2 saturated carbocycles. The molecule has 6 nitrogen and oxygen atoms in total. The fraction of sp³-hybridized carbons (Fsp3) is 0.576. The van der Waals surface area contributed by atoms with Gasteiger partial charge in [-0.15, -0.1) is 0 Å². The second-order valence-corrected chi connectivity index (χ2v) is 13.4. The summed E-state index contributed by atoms with van der Waals surface area (Å²) in [4.78, 5) is 11.7. The zero-order chi connectivity index (χ0) is 27.8. The van der Waals surface area contributed by atoms with E-state index < -0.39 is 0 Å². The number of methoxy groups -OCH3 is 1. The van der Waals surface area contributed by atoms with E-state index in [-0.39, 0.29) is 0 Å². The van der Waals surface area contributed by atoms with Crippen molar-refractivity contribution in [2.45, 2.75) is 80.7 Å². The standard InChI is InChI=1S/C33H47N5OS/c1-38(2)31-29-9-5-6-10-30(29)36-32(37-31)35-27-15-11-25(12-16-27)23-34-22-21-33(19-7-4-8-20-33)40-24-26-13-17-28(39-3)18-14-26/h5-6,9-10,13-14,17-18,25,27,34H,4,7-8,11-12,15-16,19-24H2,1-3H3,(H,35,36,37). The molecular weight excluding hydrogens is 514 g/mol. The number of hydrogen-bond acceptors (Lipinski definition) is 7. The Kier molecular flexibility index (Phi) is 10.1. The van der Waals surface area contributed by atoms with E-state index in [1.165, 1.54) is 69.8 Å². The lowest BCUT2D eigenvalue weighted by Crippen LogP contribution is -2.35. The molecule has 0 bridgehead atoms. The molecule has 0 unspecified atom stereocenters. The number of fused-ring (bicyclic) bond motifs is 1. The fourth-order valence-corrected chi connectivity index (χ4v) is 7.89. The number of para-hydroxylation sites is 1. The topological polar surface area (TPSA) is 62.3 Å². The van der Waals surface area contributed by atoms with Crippen molar-refractivity contribution in [3.05, 3.63) is 54.1 Å². The zero-order valence-corrected chi connectivity index (χ0v) is 25.4. The monoisotopic (exact) mass is 561 g/mol. The van der Waals surface area contributed by atoms with Crippen molar-refractivity contribution in [3.63, 3.8) is 0 Å². The van der Waals surface area contributed by atoms with E-state index in [1.54, 1.807) is 7.11 Å². The fourth-order valence-electron chi connectivity index (χ4n) is 6.40. The molecule has 0 aliphatic heterocycles. The van der Waals surface area contributed by atoms with Crippen LogP contribution in [-0.2, 0) is 5.75 Å². The lowest BCUT2D eigenvalue weighted by molar-refractivity contribution is 0.315. The molecule has 0 amide bonds. The summed E-state index contributed by atoms with van der Waals surface area (Å²) in [5.41, 5.74) is 2.40. The molecule has 2 aromatic carbocycles. The number of anilines is 2. The van der Waals surface area contributed by atoms with Crippen molar-refractivity contribution < 1.29 is 4.74 Å². The van der Waals surface area contributed by atoms with Crippen LogP contribution in [0.25, 0.3) is 10.9 Å². The van der Waals surface area contributed by atoms with Gasteiger partial charge in [0.25, 0.3) is 0 Å². The Balaban J connectivity index is 1.06. The molecule has 0 atom stereocenters. The molecule has 7 heteroatoms. The van der Waals surface area contributed by atoms with Crippen LogP contribution in [-0.4, -0.2) is 55.1 Å². The summed E-state index contributed by atoms with van der Waals surface area (Å²) in [6.07, 6.45) is 13.0. The number of thioether (sulfide) groups is 1. The Bertz CT molecular complexity index is 1200. The third-order valence-corrected chi connectivity index (χ3v) is 10.5. The van der Waals surface area contributed by atoms with Crippen LogP contribution in [0.4, 0.5) is 11.8 Å². The number of ether oxygens (including phenoxy) is 1. The summed E-state index contributed by atoms with van der Waals surface area (Å²) in [6.45, 7) is 2.27. The minimum absolute atomic E-state index is 0.429. The van der Waals surface area contributed by atoms with Gasteiger partial charge in [0.05, 0.1) is 12.6 Å². The second kappa shape index (κ2) is 13.9. The van der Waals surface area contributed by atoms with Crippen molar-refractivity contribution in [3.8, 4) is 5.75 Å². The molecule has 2 fully saturated rings. The largest absolute Gasteiger partial charge is 0.497 e. The first-order valence-corrected chi connectivity index (χ1v) is 16.2. The molecule has 2 aliphatic rings. The van der Waals surface area contributed by atoms with Crippen molar-refractivity contribution in [1.82, 2.24) is 15.3 Å². The summed E-state index contributed by atoms with van der Waals surface area (Å²) in [5, 5.41) is 8.62. The lowest BCUT2D eigenvalue weighted by atomic mass is 9.85. The summed E-state index contributed by atoms with van der Waals surface area (Å²) in [7, 11) is 5.83. The van der Waals surface area contributed by atoms with Gasteiger partial charge >= 0.3 is 0 Å².